The lowest BCUT2D eigenvalue weighted by Crippen LogP contribution is -2.38. The Hall–Kier alpha value is -2.52. The van der Waals surface area contributed by atoms with Crippen molar-refractivity contribution in [3.8, 4) is 16.9 Å². The molecule has 2 aliphatic rings. The lowest BCUT2D eigenvalue weighted by molar-refractivity contribution is -0.121. The Bertz CT molecular complexity index is 1170. The minimum absolute atomic E-state index is 0.0427. The standard InChI is InChI=1S/C24H28F2N2O4S/c1-15-9-16(3-4-22(15)26)21-12-18(25)10-17-11-20(32-24(17)21)13-27-23(29)5-7-28(2)19-6-8-33(30,31)14-19/h3-4,9-10,12,19-20H,5-8,11,13-14H2,1-2H3,(H,27,29)/t19-,20+/m1/s1. The van der Waals surface area contributed by atoms with Gasteiger partial charge in [0.25, 0.3) is 0 Å². The lowest BCUT2D eigenvalue weighted by atomic mass is 9.99. The summed E-state index contributed by atoms with van der Waals surface area (Å²) in [5.74, 6) is 0.0377. The highest BCUT2D eigenvalue weighted by Gasteiger charge is 2.31. The fourth-order valence-electron chi connectivity index (χ4n) is 4.43. The maximum Gasteiger partial charge on any atom is 0.221 e. The normalized spacial score (nSPS) is 21.1. The van der Waals surface area contributed by atoms with Gasteiger partial charge in [-0.05, 0) is 55.8 Å². The van der Waals surface area contributed by atoms with Gasteiger partial charge >= 0.3 is 0 Å². The first kappa shape index (κ1) is 23.6. The van der Waals surface area contributed by atoms with Crippen LogP contribution >= 0.6 is 0 Å². The van der Waals surface area contributed by atoms with Crippen molar-refractivity contribution in [3.05, 3.63) is 53.1 Å². The van der Waals surface area contributed by atoms with Gasteiger partial charge in [-0.25, -0.2) is 17.2 Å². The van der Waals surface area contributed by atoms with Crippen LogP contribution in [-0.2, 0) is 21.1 Å². The summed E-state index contributed by atoms with van der Waals surface area (Å²) in [4.78, 5) is 14.2. The van der Waals surface area contributed by atoms with E-state index in [1.807, 2.05) is 11.9 Å². The largest absolute Gasteiger partial charge is 0.487 e. The second kappa shape index (κ2) is 9.38. The Morgan fingerprint density at radius 1 is 1.24 bits per heavy atom. The summed E-state index contributed by atoms with van der Waals surface area (Å²) in [7, 11) is -1.13. The molecular weight excluding hydrogens is 450 g/mol. The molecule has 1 N–H and O–H groups in total. The Morgan fingerprint density at radius 3 is 2.73 bits per heavy atom. The predicted octanol–water partition coefficient (Wildman–Crippen LogP) is 2.87. The third kappa shape index (κ3) is 5.52. The fourth-order valence-corrected chi connectivity index (χ4v) is 6.24. The Balaban J connectivity index is 1.33. The molecule has 1 amide bonds. The van der Waals surface area contributed by atoms with E-state index in [1.54, 1.807) is 19.1 Å². The number of hydrogen-bond acceptors (Lipinski definition) is 5. The first-order valence-corrected chi connectivity index (χ1v) is 12.9. The molecule has 4 rings (SSSR count). The Kier molecular flexibility index (Phi) is 6.72. The highest BCUT2D eigenvalue weighted by atomic mass is 32.2. The third-order valence-corrected chi connectivity index (χ3v) is 8.13. The molecule has 2 aliphatic heterocycles. The number of aryl methyl sites for hydroxylation is 1. The zero-order valence-electron chi connectivity index (χ0n) is 18.7. The molecule has 1 fully saturated rings. The maximum atomic E-state index is 14.2. The van der Waals surface area contributed by atoms with E-state index >= 15 is 0 Å². The smallest absolute Gasteiger partial charge is 0.221 e. The van der Waals surface area contributed by atoms with E-state index in [1.165, 1.54) is 18.2 Å². The number of fused-ring (bicyclic) bond motifs is 1. The molecule has 9 heteroatoms. The molecule has 2 aromatic carbocycles. The van der Waals surface area contributed by atoms with Gasteiger partial charge in [0, 0.05) is 36.6 Å². The first-order valence-electron chi connectivity index (χ1n) is 11.0. The van der Waals surface area contributed by atoms with E-state index in [9.17, 15) is 22.0 Å². The monoisotopic (exact) mass is 478 g/mol. The molecule has 0 radical (unpaired) electrons. The van der Waals surface area contributed by atoms with Crippen molar-refractivity contribution in [2.75, 3.05) is 31.6 Å². The molecule has 2 atom stereocenters. The topological polar surface area (TPSA) is 75.7 Å². The Labute approximate surface area is 192 Å². The van der Waals surface area contributed by atoms with Gasteiger partial charge < -0.3 is 15.0 Å². The van der Waals surface area contributed by atoms with Crippen LogP contribution in [0.4, 0.5) is 8.78 Å². The third-order valence-electron chi connectivity index (χ3n) is 6.38. The van der Waals surface area contributed by atoms with Crippen molar-refractivity contribution in [1.82, 2.24) is 10.2 Å². The SMILES string of the molecule is Cc1cc(-c2cc(F)cc3c2O[C@H](CNC(=O)CCN(C)[C@@H]2CCS(=O)(=O)C2)C3)ccc1F. The van der Waals surface area contributed by atoms with Crippen LogP contribution in [-0.4, -0.2) is 63.0 Å². The average Bonchev–Trinajstić information content (AvgIpc) is 3.34. The van der Waals surface area contributed by atoms with E-state index < -0.39 is 15.7 Å². The molecule has 0 unspecified atom stereocenters. The summed E-state index contributed by atoms with van der Waals surface area (Å²) in [5.41, 5.74) is 2.42. The van der Waals surface area contributed by atoms with E-state index in [2.05, 4.69) is 5.32 Å². The van der Waals surface area contributed by atoms with Crippen LogP contribution in [0, 0.1) is 18.6 Å². The van der Waals surface area contributed by atoms with Crippen LogP contribution in [0.3, 0.4) is 0 Å². The van der Waals surface area contributed by atoms with Crippen molar-refractivity contribution >= 4 is 15.7 Å². The number of carbonyl (C=O) groups is 1. The van der Waals surface area contributed by atoms with Crippen molar-refractivity contribution in [2.45, 2.75) is 38.3 Å². The minimum Gasteiger partial charge on any atom is -0.487 e. The van der Waals surface area contributed by atoms with Crippen LogP contribution in [0.2, 0.25) is 0 Å². The number of amides is 1. The fraction of sp³-hybridized carbons (Fsp3) is 0.458. The summed E-state index contributed by atoms with van der Waals surface area (Å²) in [6.07, 6.45) is 0.979. The zero-order chi connectivity index (χ0) is 23.8. The molecular formula is C24H28F2N2O4S. The number of hydrogen-bond donors (Lipinski definition) is 1. The Morgan fingerprint density at radius 2 is 2.03 bits per heavy atom. The van der Waals surface area contributed by atoms with E-state index in [0.29, 0.717) is 47.4 Å². The van der Waals surface area contributed by atoms with Crippen molar-refractivity contribution in [2.24, 2.45) is 0 Å². The van der Waals surface area contributed by atoms with E-state index in [0.717, 1.165) is 0 Å². The summed E-state index contributed by atoms with van der Waals surface area (Å²) in [6, 6.07) is 7.38. The number of nitrogens with one attached hydrogen (secondary N) is 1. The molecule has 0 aromatic heterocycles. The minimum atomic E-state index is -2.96. The summed E-state index contributed by atoms with van der Waals surface area (Å²) >= 11 is 0. The van der Waals surface area contributed by atoms with E-state index in [4.69, 9.17) is 4.74 Å². The molecule has 0 saturated carbocycles. The summed E-state index contributed by atoms with van der Waals surface area (Å²) in [5, 5.41) is 2.86. The van der Waals surface area contributed by atoms with Gasteiger partial charge in [-0.2, -0.15) is 0 Å². The number of carbonyl (C=O) groups excluding carboxylic acids is 1. The van der Waals surface area contributed by atoms with Crippen molar-refractivity contribution in [3.63, 3.8) is 0 Å². The first-order chi connectivity index (χ1) is 15.6. The molecule has 0 bridgehead atoms. The van der Waals surface area contributed by atoms with Crippen LogP contribution < -0.4 is 10.1 Å². The summed E-state index contributed by atoms with van der Waals surface area (Å²) in [6.45, 7) is 2.40. The average molecular weight is 479 g/mol. The van der Waals surface area contributed by atoms with Gasteiger partial charge in [-0.1, -0.05) is 6.07 Å². The van der Waals surface area contributed by atoms with Gasteiger partial charge in [0.05, 0.1) is 18.1 Å². The quantitative estimate of drug-likeness (QED) is 0.663. The molecule has 6 nitrogen and oxygen atoms in total. The maximum absolute atomic E-state index is 14.2. The second-order valence-electron chi connectivity index (χ2n) is 8.94. The predicted molar refractivity (Wildman–Crippen MR) is 122 cm³/mol. The van der Waals surface area contributed by atoms with Crippen LogP contribution in [0.15, 0.2) is 30.3 Å². The highest BCUT2D eigenvalue weighted by Crippen LogP contribution is 2.40. The lowest BCUT2D eigenvalue weighted by Gasteiger charge is -2.22. The van der Waals surface area contributed by atoms with Crippen molar-refractivity contribution < 1.29 is 26.7 Å². The van der Waals surface area contributed by atoms with Crippen LogP contribution in [0.1, 0.15) is 24.0 Å². The number of ether oxygens (including phenoxy) is 1. The molecule has 2 heterocycles. The summed E-state index contributed by atoms with van der Waals surface area (Å²) < 4.78 is 57.2. The molecule has 0 spiro atoms. The number of benzene rings is 2. The second-order valence-corrected chi connectivity index (χ2v) is 11.2. The molecule has 0 aliphatic carbocycles. The molecule has 1 saturated heterocycles. The molecule has 178 valence electrons. The number of sulfone groups is 1. The van der Waals surface area contributed by atoms with Gasteiger partial charge in [-0.3, -0.25) is 4.79 Å². The number of rotatable bonds is 7. The number of halogens is 2. The zero-order valence-corrected chi connectivity index (χ0v) is 19.6. The number of nitrogens with zero attached hydrogens (tertiary/aromatic N) is 1. The highest BCUT2D eigenvalue weighted by molar-refractivity contribution is 7.91. The van der Waals surface area contributed by atoms with Gasteiger partial charge in [0.2, 0.25) is 5.91 Å². The van der Waals surface area contributed by atoms with Gasteiger partial charge in [0.1, 0.15) is 23.5 Å². The molecule has 33 heavy (non-hydrogen) atoms. The van der Waals surface area contributed by atoms with Crippen molar-refractivity contribution in [1.29, 1.82) is 0 Å². The van der Waals surface area contributed by atoms with Gasteiger partial charge in [-0.15, -0.1) is 0 Å². The van der Waals surface area contributed by atoms with E-state index in [-0.39, 0.29) is 48.3 Å². The van der Waals surface area contributed by atoms with Crippen LogP contribution in [0.25, 0.3) is 11.1 Å². The molecule has 2 aromatic rings. The van der Waals surface area contributed by atoms with Gasteiger partial charge in [0.15, 0.2) is 9.84 Å². The van der Waals surface area contributed by atoms with Crippen LogP contribution in [0.5, 0.6) is 5.75 Å².